The minimum Gasteiger partial charge on any atom is -0.465 e. The van der Waals surface area contributed by atoms with Crippen LogP contribution in [-0.2, 0) is 11.2 Å². The Balaban J connectivity index is 0.00000151. The van der Waals surface area contributed by atoms with Gasteiger partial charge in [0.15, 0.2) is 0 Å². The molecule has 0 spiro atoms. The molecule has 0 bridgehead atoms. The molecule has 2 rings (SSSR count). The fraction of sp³-hybridized carbons (Fsp3) is 0.524. The number of carbonyl (C=O) groups is 1. The molecule has 1 unspecified atom stereocenters. The standard InChI is InChI=1S/C19H25NO2S.C2H6/c1-4-5-6-14(2)7-8-15-11-16(18-20-9-10-23-18)13-17(12-15)19(21)22-3;1-2/h9-14H,4-8H2,1-3H3;1-2H3. The highest BCUT2D eigenvalue weighted by Gasteiger charge is 2.12. The van der Waals surface area contributed by atoms with Crippen LogP contribution in [0, 0.1) is 5.92 Å². The van der Waals surface area contributed by atoms with Crippen LogP contribution in [-0.4, -0.2) is 18.1 Å². The molecule has 4 heteroatoms. The number of hydrogen-bond donors (Lipinski definition) is 0. The summed E-state index contributed by atoms with van der Waals surface area (Å²) in [4.78, 5) is 16.3. The van der Waals surface area contributed by atoms with Gasteiger partial charge in [0.25, 0.3) is 0 Å². The lowest BCUT2D eigenvalue weighted by molar-refractivity contribution is 0.0600. The van der Waals surface area contributed by atoms with Crippen LogP contribution in [0.1, 0.15) is 69.3 Å². The van der Waals surface area contributed by atoms with E-state index in [9.17, 15) is 4.79 Å². The number of methoxy groups -OCH3 is 1. The molecule has 0 aliphatic carbocycles. The van der Waals surface area contributed by atoms with Crippen LogP contribution in [0.3, 0.4) is 0 Å². The van der Waals surface area contributed by atoms with Crippen LogP contribution in [0.15, 0.2) is 29.8 Å². The normalized spacial score (nSPS) is 11.4. The third-order valence-electron chi connectivity index (χ3n) is 4.07. The van der Waals surface area contributed by atoms with Gasteiger partial charge in [-0.15, -0.1) is 11.3 Å². The maximum Gasteiger partial charge on any atom is 0.337 e. The summed E-state index contributed by atoms with van der Waals surface area (Å²) in [5, 5.41) is 2.89. The second-order valence-electron chi connectivity index (χ2n) is 6.03. The van der Waals surface area contributed by atoms with Crippen molar-refractivity contribution in [2.75, 3.05) is 7.11 Å². The van der Waals surface area contributed by atoms with Crippen molar-refractivity contribution in [3.63, 3.8) is 0 Å². The van der Waals surface area contributed by atoms with Gasteiger partial charge in [-0.25, -0.2) is 9.78 Å². The molecule has 0 amide bonds. The summed E-state index contributed by atoms with van der Waals surface area (Å²) in [6.07, 6.45) is 7.71. The highest BCUT2D eigenvalue weighted by molar-refractivity contribution is 7.13. The van der Waals surface area contributed by atoms with E-state index in [1.807, 2.05) is 31.4 Å². The molecule has 1 aromatic heterocycles. The summed E-state index contributed by atoms with van der Waals surface area (Å²) in [5.74, 6) is 0.420. The van der Waals surface area contributed by atoms with Crippen molar-refractivity contribution in [2.45, 2.75) is 59.8 Å². The first kappa shape index (κ1) is 21.4. The first-order valence-electron chi connectivity index (χ1n) is 9.26. The molecular weight excluding hydrogens is 330 g/mol. The van der Waals surface area contributed by atoms with Crippen LogP contribution in [0.2, 0.25) is 0 Å². The Kier molecular flexibility index (Phi) is 10.1. The largest absolute Gasteiger partial charge is 0.465 e. The third kappa shape index (κ3) is 6.99. The lowest BCUT2D eigenvalue weighted by atomic mass is 9.94. The van der Waals surface area contributed by atoms with E-state index in [0.29, 0.717) is 11.5 Å². The summed E-state index contributed by atoms with van der Waals surface area (Å²) in [6, 6.07) is 5.97. The molecule has 2 aromatic rings. The number of unbranched alkanes of at least 4 members (excludes halogenated alkanes) is 1. The Bertz CT molecular complexity index is 623. The quantitative estimate of drug-likeness (QED) is 0.512. The van der Waals surface area contributed by atoms with Crippen molar-refractivity contribution < 1.29 is 9.53 Å². The lowest BCUT2D eigenvalue weighted by Crippen LogP contribution is -2.04. The average molecular weight is 362 g/mol. The smallest absolute Gasteiger partial charge is 0.337 e. The van der Waals surface area contributed by atoms with Crippen molar-refractivity contribution in [1.29, 1.82) is 0 Å². The number of aryl methyl sites for hydroxylation is 1. The van der Waals surface area contributed by atoms with E-state index in [0.717, 1.165) is 23.4 Å². The van der Waals surface area contributed by atoms with Gasteiger partial charge in [0, 0.05) is 17.1 Å². The third-order valence-corrected chi connectivity index (χ3v) is 4.89. The van der Waals surface area contributed by atoms with Gasteiger partial charge in [0.05, 0.1) is 12.7 Å². The van der Waals surface area contributed by atoms with Gasteiger partial charge in [-0.3, -0.25) is 0 Å². The van der Waals surface area contributed by atoms with Crippen LogP contribution in [0.5, 0.6) is 0 Å². The number of benzene rings is 1. The molecule has 1 heterocycles. The molecule has 25 heavy (non-hydrogen) atoms. The summed E-state index contributed by atoms with van der Waals surface area (Å²) >= 11 is 1.59. The average Bonchev–Trinajstić information content (AvgIpc) is 3.20. The van der Waals surface area contributed by atoms with E-state index in [-0.39, 0.29) is 5.97 Å². The zero-order valence-electron chi connectivity index (χ0n) is 16.2. The Morgan fingerprint density at radius 3 is 2.60 bits per heavy atom. The predicted molar refractivity (Wildman–Crippen MR) is 107 cm³/mol. The van der Waals surface area contributed by atoms with E-state index in [1.54, 1.807) is 17.5 Å². The Labute approximate surface area is 156 Å². The minimum atomic E-state index is -0.288. The number of ether oxygens (including phenoxy) is 1. The topological polar surface area (TPSA) is 39.2 Å². The summed E-state index contributed by atoms with van der Waals surface area (Å²) in [7, 11) is 1.42. The van der Waals surface area contributed by atoms with Gasteiger partial charge < -0.3 is 4.74 Å². The van der Waals surface area contributed by atoms with Gasteiger partial charge in [0.2, 0.25) is 0 Å². The van der Waals surface area contributed by atoms with Crippen LogP contribution >= 0.6 is 11.3 Å². The number of carbonyl (C=O) groups excluding carboxylic acids is 1. The zero-order valence-corrected chi connectivity index (χ0v) is 17.0. The summed E-state index contributed by atoms with van der Waals surface area (Å²) in [6.45, 7) is 8.54. The molecule has 0 aliphatic heterocycles. The van der Waals surface area contributed by atoms with E-state index in [4.69, 9.17) is 4.74 Å². The number of rotatable bonds is 8. The highest BCUT2D eigenvalue weighted by atomic mass is 32.1. The number of hydrogen-bond acceptors (Lipinski definition) is 4. The molecular formula is C21H31NO2S. The fourth-order valence-electron chi connectivity index (χ4n) is 2.67. The highest BCUT2D eigenvalue weighted by Crippen LogP contribution is 2.26. The van der Waals surface area contributed by atoms with Gasteiger partial charge in [-0.05, 0) is 42.5 Å². The Morgan fingerprint density at radius 1 is 1.24 bits per heavy atom. The van der Waals surface area contributed by atoms with Gasteiger partial charge in [0.1, 0.15) is 5.01 Å². The first-order valence-corrected chi connectivity index (χ1v) is 10.1. The molecule has 0 radical (unpaired) electrons. The van der Waals surface area contributed by atoms with Crippen molar-refractivity contribution in [1.82, 2.24) is 4.98 Å². The first-order chi connectivity index (χ1) is 12.1. The van der Waals surface area contributed by atoms with Crippen molar-refractivity contribution in [3.05, 3.63) is 40.9 Å². The Hall–Kier alpha value is -1.68. The van der Waals surface area contributed by atoms with Crippen molar-refractivity contribution in [3.8, 4) is 10.6 Å². The SMILES string of the molecule is CC.CCCCC(C)CCc1cc(C(=O)OC)cc(-c2nccs2)c1. The molecule has 3 nitrogen and oxygen atoms in total. The van der Waals surface area contributed by atoms with Crippen LogP contribution in [0.25, 0.3) is 10.6 Å². The molecule has 0 N–H and O–H groups in total. The maximum absolute atomic E-state index is 11.9. The number of aromatic nitrogens is 1. The van der Waals surface area contributed by atoms with Crippen LogP contribution in [0.4, 0.5) is 0 Å². The lowest BCUT2D eigenvalue weighted by Gasteiger charge is -2.12. The summed E-state index contributed by atoms with van der Waals surface area (Å²) in [5.41, 5.74) is 2.79. The number of nitrogens with zero attached hydrogens (tertiary/aromatic N) is 1. The summed E-state index contributed by atoms with van der Waals surface area (Å²) < 4.78 is 4.89. The number of esters is 1. The van der Waals surface area contributed by atoms with E-state index < -0.39 is 0 Å². The molecule has 0 fully saturated rings. The number of thiazole rings is 1. The van der Waals surface area contributed by atoms with Crippen molar-refractivity contribution in [2.24, 2.45) is 5.92 Å². The molecule has 1 atom stereocenters. The van der Waals surface area contributed by atoms with E-state index >= 15 is 0 Å². The maximum atomic E-state index is 11.9. The molecule has 138 valence electrons. The molecule has 1 aromatic carbocycles. The minimum absolute atomic E-state index is 0.288. The molecule has 0 saturated heterocycles. The van der Waals surface area contributed by atoms with Gasteiger partial charge in [-0.2, -0.15) is 0 Å². The predicted octanol–water partition coefficient (Wildman–Crippen LogP) is 6.38. The monoisotopic (exact) mass is 361 g/mol. The molecule has 0 aliphatic rings. The zero-order chi connectivity index (χ0) is 18.7. The molecule has 0 saturated carbocycles. The van der Waals surface area contributed by atoms with E-state index in [2.05, 4.69) is 24.9 Å². The van der Waals surface area contributed by atoms with Gasteiger partial charge in [-0.1, -0.05) is 47.0 Å². The van der Waals surface area contributed by atoms with Crippen LogP contribution < -0.4 is 0 Å². The second kappa shape index (κ2) is 11.8. The van der Waals surface area contributed by atoms with Gasteiger partial charge >= 0.3 is 5.97 Å². The van der Waals surface area contributed by atoms with Crippen molar-refractivity contribution >= 4 is 17.3 Å². The fourth-order valence-corrected chi connectivity index (χ4v) is 3.30. The van der Waals surface area contributed by atoms with E-state index in [1.165, 1.54) is 31.9 Å². The Morgan fingerprint density at radius 2 is 2.00 bits per heavy atom. The second-order valence-corrected chi connectivity index (χ2v) is 6.93.